The molecule has 14 heavy (non-hydrogen) atoms. The average molecular weight is 213 g/mol. The van der Waals surface area contributed by atoms with Crippen LogP contribution in [-0.4, -0.2) is 16.9 Å². The van der Waals surface area contributed by atoms with Gasteiger partial charge >= 0.3 is 0 Å². The molecule has 0 saturated carbocycles. The molecule has 0 aromatic carbocycles. The monoisotopic (exact) mass is 212 g/mol. The first-order valence-corrected chi connectivity index (χ1v) is 5.46. The van der Waals surface area contributed by atoms with Crippen molar-refractivity contribution in [1.29, 1.82) is 0 Å². The smallest absolute Gasteiger partial charge is 0.126 e. The normalized spacial score (nSPS) is 12.5. The highest BCUT2D eigenvalue weighted by atomic mass is 35.5. The summed E-state index contributed by atoms with van der Waals surface area (Å²) in [6.45, 7) is 5.05. The highest BCUT2D eigenvalue weighted by Gasteiger charge is 2.00. The van der Waals surface area contributed by atoms with Crippen molar-refractivity contribution in [3.63, 3.8) is 0 Å². The zero-order valence-corrected chi connectivity index (χ0v) is 9.51. The summed E-state index contributed by atoms with van der Waals surface area (Å²) in [5, 5.41) is 3.53. The Morgan fingerprint density at radius 2 is 2.36 bits per heavy atom. The molecule has 1 rings (SSSR count). The van der Waals surface area contributed by atoms with Crippen LogP contribution < -0.4 is 5.32 Å². The van der Waals surface area contributed by atoms with Crippen LogP contribution in [0.3, 0.4) is 0 Å². The Kier molecular flexibility index (Phi) is 4.74. The van der Waals surface area contributed by atoms with Crippen LogP contribution in [0.5, 0.6) is 0 Å². The van der Waals surface area contributed by atoms with Crippen molar-refractivity contribution in [3.05, 3.63) is 23.9 Å². The summed E-state index contributed by atoms with van der Waals surface area (Å²) in [6.07, 6.45) is 3.81. The fraction of sp³-hybridized carbons (Fsp3) is 0.545. The molecule has 0 aliphatic heterocycles. The molecule has 3 heteroatoms. The lowest BCUT2D eigenvalue weighted by atomic mass is 10.2. The van der Waals surface area contributed by atoms with Crippen LogP contribution in [0.15, 0.2) is 18.3 Å². The Morgan fingerprint density at radius 1 is 1.57 bits per heavy atom. The van der Waals surface area contributed by atoms with Crippen molar-refractivity contribution in [1.82, 2.24) is 4.98 Å². The van der Waals surface area contributed by atoms with Crippen molar-refractivity contribution < 1.29 is 0 Å². The average Bonchev–Trinajstić information content (AvgIpc) is 2.17. The molecule has 1 aromatic heterocycles. The minimum absolute atomic E-state index is 0.271. The van der Waals surface area contributed by atoms with Crippen molar-refractivity contribution in [2.45, 2.75) is 32.1 Å². The van der Waals surface area contributed by atoms with Gasteiger partial charge in [-0.2, -0.15) is 0 Å². The van der Waals surface area contributed by atoms with Gasteiger partial charge in [0.05, 0.1) is 0 Å². The largest absolute Gasteiger partial charge is 0.370 e. The Labute approximate surface area is 90.7 Å². The summed E-state index contributed by atoms with van der Waals surface area (Å²) < 4.78 is 0. The number of aromatic nitrogens is 1. The molecule has 1 N–H and O–H groups in total. The molecule has 78 valence electrons. The van der Waals surface area contributed by atoms with E-state index in [1.807, 2.05) is 18.3 Å². The number of aryl methyl sites for hydroxylation is 1. The van der Waals surface area contributed by atoms with Gasteiger partial charge in [0.25, 0.3) is 0 Å². The highest BCUT2D eigenvalue weighted by Crippen LogP contribution is 2.08. The molecule has 0 saturated heterocycles. The minimum atomic E-state index is 0.271. The number of nitrogens with one attached hydrogen (secondary N) is 1. The molecular formula is C11H17ClN2. The van der Waals surface area contributed by atoms with E-state index in [0.717, 1.165) is 25.2 Å². The summed E-state index contributed by atoms with van der Waals surface area (Å²) in [7, 11) is 0. The van der Waals surface area contributed by atoms with Gasteiger partial charge in [-0.1, -0.05) is 6.92 Å². The predicted molar refractivity (Wildman–Crippen MR) is 62.0 cm³/mol. The lowest BCUT2D eigenvalue weighted by Crippen LogP contribution is -2.08. The summed E-state index contributed by atoms with van der Waals surface area (Å²) >= 11 is 6.00. The number of hydrogen-bond acceptors (Lipinski definition) is 2. The third-order valence-electron chi connectivity index (χ3n) is 2.12. The van der Waals surface area contributed by atoms with Crippen molar-refractivity contribution in [3.8, 4) is 0 Å². The first-order valence-electron chi connectivity index (χ1n) is 5.03. The third-order valence-corrected chi connectivity index (χ3v) is 2.65. The van der Waals surface area contributed by atoms with Crippen LogP contribution >= 0.6 is 11.6 Å². The van der Waals surface area contributed by atoms with Crippen molar-refractivity contribution >= 4 is 17.4 Å². The van der Waals surface area contributed by atoms with Gasteiger partial charge < -0.3 is 5.32 Å². The van der Waals surface area contributed by atoms with Gasteiger partial charge in [-0.15, -0.1) is 11.6 Å². The van der Waals surface area contributed by atoms with Gasteiger partial charge in [0.2, 0.25) is 0 Å². The van der Waals surface area contributed by atoms with E-state index in [1.165, 1.54) is 5.56 Å². The molecule has 0 fully saturated rings. The predicted octanol–water partition coefficient (Wildman–Crippen LogP) is 3.21. The molecule has 1 atom stereocenters. The second-order valence-electron chi connectivity index (χ2n) is 3.44. The first kappa shape index (κ1) is 11.3. The molecule has 1 aromatic rings. The lowest BCUT2D eigenvalue weighted by molar-refractivity contribution is 0.752. The van der Waals surface area contributed by atoms with E-state index in [2.05, 4.69) is 24.1 Å². The summed E-state index contributed by atoms with van der Waals surface area (Å²) in [5.41, 5.74) is 1.22. The highest BCUT2D eigenvalue weighted by molar-refractivity contribution is 6.20. The van der Waals surface area contributed by atoms with Gasteiger partial charge in [0, 0.05) is 18.1 Å². The van der Waals surface area contributed by atoms with Crippen molar-refractivity contribution in [2.75, 3.05) is 11.9 Å². The molecule has 0 bridgehead atoms. The standard InChI is InChI=1S/C11H17ClN2/c1-3-10(12)5-7-14-11-8-9(2)4-6-13-11/h4,6,8,10H,3,5,7H2,1-2H3,(H,13,14). The molecule has 1 unspecified atom stereocenters. The molecule has 0 amide bonds. The number of nitrogens with zero attached hydrogens (tertiary/aromatic N) is 1. The lowest BCUT2D eigenvalue weighted by Gasteiger charge is -2.08. The fourth-order valence-electron chi connectivity index (χ4n) is 1.19. The van der Waals surface area contributed by atoms with Crippen LogP contribution in [0.25, 0.3) is 0 Å². The maximum absolute atomic E-state index is 6.00. The van der Waals surface area contributed by atoms with Gasteiger partial charge in [0.15, 0.2) is 0 Å². The first-order chi connectivity index (χ1) is 6.72. The van der Waals surface area contributed by atoms with E-state index in [1.54, 1.807) is 0 Å². The second-order valence-corrected chi connectivity index (χ2v) is 4.06. The molecule has 0 radical (unpaired) electrons. The maximum atomic E-state index is 6.00. The summed E-state index contributed by atoms with van der Waals surface area (Å²) in [4.78, 5) is 4.21. The molecule has 0 spiro atoms. The van der Waals surface area contributed by atoms with E-state index < -0.39 is 0 Å². The number of hydrogen-bond donors (Lipinski definition) is 1. The Hall–Kier alpha value is -0.760. The van der Waals surface area contributed by atoms with Crippen molar-refractivity contribution in [2.24, 2.45) is 0 Å². The third kappa shape index (κ3) is 3.97. The van der Waals surface area contributed by atoms with E-state index in [9.17, 15) is 0 Å². The van der Waals surface area contributed by atoms with E-state index in [0.29, 0.717) is 0 Å². The number of rotatable bonds is 5. The Morgan fingerprint density at radius 3 is 3.00 bits per heavy atom. The zero-order valence-electron chi connectivity index (χ0n) is 8.76. The van der Waals surface area contributed by atoms with Gasteiger partial charge in [-0.3, -0.25) is 0 Å². The summed E-state index contributed by atoms with van der Waals surface area (Å²) in [6, 6.07) is 4.02. The minimum Gasteiger partial charge on any atom is -0.370 e. The van der Waals surface area contributed by atoms with Gasteiger partial charge in [-0.25, -0.2) is 4.98 Å². The number of halogens is 1. The number of alkyl halides is 1. The fourth-order valence-corrected chi connectivity index (χ4v) is 1.30. The topological polar surface area (TPSA) is 24.9 Å². The zero-order chi connectivity index (χ0) is 10.4. The molecular weight excluding hydrogens is 196 g/mol. The van der Waals surface area contributed by atoms with Crippen LogP contribution in [0.2, 0.25) is 0 Å². The Balaban J connectivity index is 2.31. The van der Waals surface area contributed by atoms with Crippen LogP contribution in [0.4, 0.5) is 5.82 Å². The molecule has 2 nitrogen and oxygen atoms in total. The Bertz CT molecular complexity index is 276. The number of pyridine rings is 1. The van der Waals surface area contributed by atoms with E-state index in [-0.39, 0.29) is 5.38 Å². The van der Waals surface area contributed by atoms with Crippen LogP contribution in [0.1, 0.15) is 25.3 Å². The molecule has 0 aliphatic rings. The van der Waals surface area contributed by atoms with Gasteiger partial charge in [0.1, 0.15) is 5.82 Å². The number of anilines is 1. The second kappa shape index (κ2) is 5.86. The molecule has 1 heterocycles. The van der Waals surface area contributed by atoms with E-state index >= 15 is 0 Å². The quantitative estimate of drug-likeness (QED) is 0.759. The molecule has 0 aliphatic carbocycles. The van der Waals surface area contributed by atoms with Crippen LogP contribution in [0, 0.1) is 6.92 Å². The van der Waals surface area contributed by atoms with E-state index in [4.69, 9.17) is 11.6 Å². The summed E-state index contributed by atoms with van der Waals surface area (Å²) in [5.74, 6) is 0.935. The SMILES string of the molecule is CCC(Cl)CCNc1cc(C)ccn1. The van der Waals surface area contributed by atoms with Crippen LogP contribution in [-0.2, 0) is 0 Å². The van der Waals surface area contributed by atoms with Gasteiger partial charge in [-0.05, 0) is 37.5 Å². The maximum Gasteiger partial charge on any atom is 0.126 e.